The maximum atomic E-state index is 12.5. The molecule has 0 saturated carbocycles. The molecule has 0 aliphatic carbocycles. The van der Waals surface area contributed by atoms with Crippen molar-refractivity contribution in [2.75, 3.05) is 4.72 Å². The third-order valence-electron chi connectivity index (χ3n) is 5.65. The maximum Gasteiger partial charge on any atom is 0.516 e. The van der Waals surface area contributed by atoms with Gasteiger partial charge in [-0.05, 0) is 65.4 Å². The largest absolute Gasteiger partial charge is 0.516 e. The molecule has 0 bridgehead atoms. The molecule has 0 atom stereocenters. The van der Waals surface area contributed by atoms with Crippen LogP contribution in [0.15, 0.2) is 82.7 Å². The lowest BCUT2D eigenvalue weighted by Crippen LogP contribution is -2.29. The van der Waals surface area contributed by atoms with Gasteiger partial charge in [0.25, 0.3) is 5.91 Å². The highest BCUT2D eigenvalue weighted by Gasteiger charge is 2.46. The minimum atomic E-state index is -5.53. The third kappa shape index (κ3) is 7.76. The van der Waals surface area contributed by atoms with Crippen LogP contribution in [0.3, 0.4) is 0 Å². The summed E-state index contributed by atoms with van der Waals surface area (Å²) >= 11 is 1.08. The summed E-state index contributed by atoms with van der Waals surface area (Å²) in [6.07, 6.45) is 1.67. The zero-order valence-corrected chi connectivity index (χ0v) is 23.4. The average molecular weight is 604 g/mol. The number of rotatable bonds is 9. The van der Waals surface area contributed by atoms with Gasteiger partial charge in [0.05, 0.1) is 10.6 Å². The van der Waals surface area contributed by atoms with E-state index in [4.69, 9.17) is 4.74 Å². The van der Waals surface area contributed by atoms with Gasteiger partial charge in [-0.1, -0.05) is 50.2 Å². The van der Waals surface area contributed by atoms with Crippen LogP contribution in [0.2, 0.25) is 0 Å². The molecular weight excluding hydrogens is 579 g/mol. The van der Waals surface area contributed by atoms with E-state index >= 15 is 0 Å². The summed E-state index contributed by atoms with van der Waals surface area (Å²) in [4.78, 5) is 29.1. The first-order valence-corrected chi connectivity index (χ1v) is 14.5. The number of Topliss-reactive ketones (excluding diaryl/α,β-unsaturated/α-hetero) is 1. The number of amidine groups is 1. The Labute approximate surface area is 238 Å². The molecule has 0 radical (unpaired) electrons. The molecule has 8 nitrogen and oxygen atoms in total. The first kappa shape index (κ1) is 29.9. The molecule has 13 heteroatoms. The van der Waals surface area contributed by atoms with Crippen molar-refractivity contribution < 1.29 is 35.9 Å². The highest BCUT2D eigenvalue weighted by molar-refractivity contribution is 8.18. The Balaban J connectivity index is 1.34. The lowest BCUT2D eigenvalue weighted by molar-refractivity contribution is -0.115. The Kier molecular flexibility index (Phi) is 8.88. The van der Waals surface area contributed by atoms with Crippen LogP contribution in [0.4, 0.5) is 24.5 Å². The fourth-order valence-electron chi connectivity index (χ4n) is 3.49. The number of benzene rings is 3. The Morgan fingerprint density at radius 1 is 1.02 bits per heavy atom. The molecule has 4 rings (SSSR count). The molecule has 0 aromatic heterocycles. The van der Waals surface area contributed by atoms with E-state index in [2.05, 4.69) is 10.3 Å². The van der Waals surface area contributed by atoms with E-state index in [0.717, 1.165) is 35.0 Å². The van der Waals surface area contributed by atoms with Gasteiger partial charge in [0, 0.05) is 17.2 Å². The lowest BCUT2D eigenvalue weighted by atomic mass is 10.0. The number of thioether (sulfide) groups is 1. The highest BCUT2D eigenvalue weighted by atomic mass is 32.2. The second-order valence-electron chi connectivity index (χ2n) is 9.15. The molecule has 1 saturated heterocycles. The quantitative estimate of drug-likeness (QED) is 0.221. The summed E-state index contributed by atoms with van der Waals surface area (Å²) in [5.74, 6) is 0.272. The van der Waals surface area contributed by atoms with E-state index in [-0.39, 0.29) is 28.5 Å². The number of carbonyl (C=O) groups is 2. The number of aliphatic imine (C=N–C) groups is 1. The summed E-state index contributed by atoms with van der Waals surface area (Å²) in [6.45, 7) is 4.04. The number of nitrogens with one attached hydrogen (secondary N) is 2. The first-order chi connectivity index (χ1) is 19.3. The van der Waals surface area contributed by atoms with Gasteiger partial charge in [0.2, 0.25) is 0 Å². The van der Waals surface area contributed by atoms with Crippen LogP contribution >= 0.6 is 11.8 Å². The monoisotopic (exact) mass is 603 g/mol. The van der Waals surface area contributed by atoms with E-state index < -0.39 is 15.5 Å². The number of ether oxygens (including phenoxy) is 1. The Bertz CT molecular complexity index is 1600. The predicted molar refractivity (Wildman–Crippen MR) is 152 cm³/mol. The van der Waals surface area contributed by atoms with Crippen molar-refractivity contribution in [3.05, 3.63) is 94.4 Å². The molecule has 214 valence electrons. The van der Waals surface area contributed by atoms with Crippen molar-refractivity contribution in [1.82, 2.24) is 5.32 Å². The second kappa shape index (κ2) is 12.2. The Morgan fingerprint density at radius 2 is 1.66 bits per heavy atom. The molecule has 3 aromatic carbocycles. The second-order valence-corrected chi connectivity index (χ2v) is 11.9. The van der Waals surface area contributed by atoms with Crippen molar-refractivity contribution in [3.8, 4) is 5.75 Å². The molecular formula is C28H24F3N3O5S2. The van der Waals surface area contributed by atoms with Gasteiger partial charge in [-0.25, -0.2) is 4.99 Å². The Morgan fingerprint density at radius 3 is 2.24 bits per heavy atom. The number of anilines is 1. The lowest BCUT2D eigenvalue weighted by Gasteiger charge is -2.10. The average Bonchev–Trinajstić information content (AvgIpc) is 3.26. The number of alkyl halides is 3. The molecule has 1 heterocycles. The number of amides is 1. The number of nitrogens with zero attached hydrogens (tertiary/aromatic N) is 1. The maximum absolute atomic E-state index is 12.5. The topological polar surface area (TPSA) is 114 Å². The number of hydrogen-bond acceptors (Lipinski definition) is 7. The summed E-state index contributed by atoms with van der Waals surface area (Å²) in [5.41, 5.74) is -3.09. The van der Waals surface area contributed by atoms with Crippen LogP contribution in [-0.2, 0) is 21.4 Å². The van der Waals surface area contributed by atoms with E-state index in [1.807, 2.05) is 26.0 Å². The zero-order valence-electron chi connectivity index (χ0n) is 21.7. The summed E-state index contributed by atoms with van der Waals surface area (Å²) < 4.78 is 67.3. The fourth-order valence-corrected chi connectivity index (χ4v) is 4.90. The van der Waals surface area contributed by atoms with Crippen LogP contribution in [0.25, 0.3) is 6.08 Å². The van der Waals surface area contributed by atoms with Crippen molar-refractivity contribution in [1.29, 1.82) is 0 Å². The molecule has 2 N–H and O–H groups in total. The molecule has 1 aliphatic heterocycles. The summed E-state index contributed by atoms with van der Waals surface area (Å²) in [5, 5.41) is 2.87. The van der Waals surface area contributed by atoms with Gasteiger partial charge in [-0.3, -0.25) is 14.3 Å². The number of sulfonamides is 1. The molecule has 3 aromatic rings. The Hall–Kier alpha value is -4.10. The molecule has 1 fully saturated rings. The third-order valence-corrected chi connectivity index (χ3v) is 7.68. The molecule has 1 aliphatic rings. The van der Waals surface area contributed by atoms with Gasteiger partial charge in [-0.15, -0.1) is 0 Å². The van der Waals surface area contributed by atoms with Crippen molar-refractivity contribution in [3.63, 3.8) is 0 Å². The summed E-state index contributed by atoms with van der Waals surface area (Å²) in [6, 6.07) is 19.3. The smallest absolute Gasteiger partial charge is 0.489 e. The van der Waals surface area contributed by atoms with Crippen molar-refractivity contribution in [2.45, 2.75) is 26.0 Å². The molecule has 0 spiro atoms. The van der Waals surface area contributed by atoms with Gasteiger partial charge < -0.3 is 10.1 Å². The van der Waals surface area contributed by atoms with Crippen LogP contribution in [0.1, 0.15) is 35.3 Å². The zero-order chi connectivity index (χ0) is 29.8. The van der Waals surface area contributed by atoms with E-state index in [9.17, 15) is 31.2 Å². The first-order valence-electron chi connectivity index (χ1n) is 12.2. The van der Waals surface area contributed by atoms with E-state index in [1.165, 1.54) is 16.9 Å². The van der Waals surface area contributed by atoms with Gasteiger partial charge in [-0.2, -0.15) is 21.6 Å². The minimum Gasteiger partial charge on any atom is -0.489 e. The number of ketones is 1. The molecule has 1 amide bonds. The van der Waals surface area contributed by atoms with E-state index in [0.29, 0.717) is 28.5 Å². The summed E-state index contributed by atoms with van der Waals surface area (Å²) in [7, 11) is -5.53. The minimum absolute atomic E-state index is 0.0690. The van der Waals surface area contributed by atoms with Crippen molar-refractivity contribution >= 4 is 56.1 Å². The molecule has 41 heavy (non-hydrogen) atoms. The van der Waals surface area contributed by atoms with E-state index in [1.54, 1.807) is 42.5 Å². The van der Waals surface area contributed by atoms with Crippen LogP contribution in [0, 0.1) is 5.92 Å². The highest BCUT2D eigenvalue weighted by Crippen LogP contribution is 2.30. The van der Waals surface area contributed by atoms with Gasteiger partial charge in [0.15, 0.2) is 11.0 Å². The number of halogens is 3. The van der Waals surface area contributed by atoms with Crippen LogP contribution in [-0.4, -0.2) is 30.8 Å². The normalized spacial score (nSPS) is 15.8. The predicted octanol–water partition coefficient (Wildman–Crippen LogP) is 6.26. The van der Waals surface area contributed by atoms with Crippen LogP contribution in [0.5, 0.6) is 5.75 Å². The fraction of sp³-hybridized carbons (Fsp3) is 0.179. The standard InChI is InChI=1S/C28H24F3N3O5S2/c1-17(2)25(35)20-7-3-19(4-8-20)16-39-23-13-5-18(6-14-23)15-24-26(36)33-27(40-24)32-21-9-11-22(12-10-21)34-41(37,38)28(29,30)31/h3-15,17,34H,16H2,1-2H3,(H,32,33,36)/b24-15+. The number of hydrogen-bond donors (Lipinski definition) is 2. The molecule has 0 unspecified atom stereocenters. The van der Waals surface area contributed by atoms with Crippen molar-refractivity contribution in [2.24, 2.45) is 10.9 Å². The van der Waals surface area contributed by atoms with Crippen LogP contribution < -0.4 is 14.8 Å². The van der Waals surface area contributed by atoms with Gasteiger partial charge in [0.1, 0.15) is 12.4 Å². The number of carbonyl (C=O) groups excluding carboxylic acids is 2. The SMILES string of the molecule is CC(C)C(=O)c1ccc(COc2ccc(/C=C3/SC(=Nc4ccc(NS(=O)(=O)C(F)(F)F)cc4)NC3=O)cc2)cc1. The van der Waals surface area contributed by atoms with Gasteiger partial charge >= 0.3 is 15.5 Å².